The van der Waals surface area contributed by atoms with E-state index in [1.165, 1.54) is 11.8 Å². The van der Waals surface area contributed by atoms with Gasteiger partial charge < -0.3 is 4.74 Å². The van der Waals surface area contributed by atoms with Gasteiger partial charge in [0.1, 0.15) is 6.61 Å². The smallest absolute Gasteiger partial charge is 0.316 e. The maximum absolute atomic E-state index is 11.7. The zero-order valence-electron chi connectivity index (χ0n) is 11.1. The Morgan fingerprint density at radius 2 is 2.00 bits per heavy atom. The molecule has 0 spiro atoms. The van der Waals surface area contributed by atoms with E-state index in [0.29, 0.717) is 22.0 Å². The first kappa shape index (κ1) is 16.9. The number of thioether (sulfide) groups is 1. The van der Waals surface area contributed by atoms with E-state index in [2.05, 4.69) is 0 Å². The normalized spacial score (nSPS) is 20.4. The van der Waals surface area contributed by atoms with Gasteiger partial charge in [0.15, 0.2) is 9.84 Å². The zero-order chi connectivity index (χ0) is 15.5. The van der Waals surface area contributed by atoms with Crippen molar-refractivity contribution in [3.05, 3.63) is 33.8 Å². The lowest BCUT2D eigenvalue weighted by Crippen LogP contribution is -2.13. The molecule has 1 atom stereocenters. The summed E-state index contributed by atoms with van der Waals surface area (Å²) in [6, 6.07) is 5.07. The lowest BCUT2D eigenvalue weighted by Gasteiger charge is -2.10. The van der Waals surface area contributed by atoms with Crippen LogP contribution in [0.2, 0.25) is 10.0 Å². The van der Waals surface area contributed by atoms with Gasteiger partial charge in [0.05, 0.1) is 17.3 Å². The van der Waals surface area contributed by atoms with Crippen LogP contribution < -0.4 is 0 Å². The number of halogens is 2. The van der Waals surface area contributed by atoms with Crippen LogP contribution >= 0.6 is 35.0 Å². The van der Waals surface area contributed by atoms with Gasteiger partial charge >= 0.3 is 5.97 Å². The van der Waals surface area contributed by atoms with Crippen LogP contribution in [0.15, 0.2) is 18.2 Å². The summed E-state index contributed by atoms with van der Waals surface area (Å²) in [6.07, 6.45) is 0.594. The van der Waals surface area contributed by atoms with Gasteiger partial charge in [-0.25, -0.2) is 8.42 Å². The largest absolute Gasteiger partial charge is 0.460 e. The molecule has 4 nitrogen and oxygen atoms in total. The van der Waals surface area contributed by atoms with E-state index in [1.807, 2.05) is 0 Å². The van der Waals surface area contributed by atoms with E-state index in [0.717, 1.165) is 0 Å². The van der Waals surface area contributed by atoms with E-state index >= 15 is 0 Å². The summed E-state index contributed by atoms with van der Waals surface area (Å²) in [4.78, 5) is 11.7. The first-order chi connectivity index (χ1) is 9.87. The molecule has 0 aromatic heterocycles. The second kappa shape index (κ2) is 7.22. The van der Waals surface area contributed by atoms with E-state index in [4.69, 9.17) is 27.9 Å². The van der Waals surface area contributed by atoms with Crippen molar-refractivity contribution in [2.45, 2.75) is 18.3 Å². The van der Waals surface area contributed by atoms with Gasteiger partial charge in [0, 0.05) is 20.9 Å². The quantitative estimate of drug-likeness (QED) is 0.747. The highest BCUT2D eigenvalue weighted by Crippen LogP contribution is 2.26. The maximum Gasteiger partial charge on any atom is 0.316 e. The number of carbonyl (C=O) groups excluding carboxylic acids is 1. The summed E-state index contributed by atoms with van der Waals surface area (Å²) in [7, 11) is -2.92. The first-order valence-corrected chi connectivity index (χ1v) is 9.90. The lowest BCUT2D eigenvalue weighted by molar-refractivity contribution is -0.141. The number of carbonyl (C=O) groups is 1. The Hall–Kier alpha value is -0.430. The number of sulfone groups is 1. The average Bonchev–Trinajstić information content (AvgIpc) is 2.75. The molecule has 0 bridgehead atoms. The summed E-state index contributed by atoms with van der Waals surface area (Å²) in [5, 5.41) is 0.876. The molecule has 21 heavy (non-hydrogen) atoms. The predicted molar refractivity (Wildman–Crippen MR) is 85.8 cm³/mol. The number of hydrogen-bond acceptors (Lipinski definition) is 5. The summed E-state index contributed by atoms with van der Waals surface area (Å²) in [5.41, 5.74) is 0.572. The van der Waals surface area contributed by atoms with Crippen molar-refractivity contribution in [2.75, 3.05) is 17.3 Å². The standard InChI is InChI=1S/C13H14Cl2O4S2/c14-11-2-1-3-12(15)10(11)6-19-13(16)7-20-9-4-5-21(17,18)8-9/h1-3,9H,4-8H2/t9-/m1/s1. The van der Waals surface area contributed by atoms with Crippen LogP contribution in [0.25, 0.3) is 0 Å². The molecule has 1 saturated heterocycles. The Morgan fingerprint density at radius 1 is 1.33 bits per heavy atom. The molecule has 0 radical (unpaired) electrons. The number of benzene rings is 1. The lowest BCUT2D eigenvalue weighted by atomic mass is 10.2. The van der Waals surface area contributed by atoms with Crippen molar-refractivity contribution < 1.29 is 17.9 Å². The van der Waals surface area contributed by atoms with Crippen LogP contribution in [-0.2, 0) is 26.0 Å². The first-order valence-electron chi connectivity index (χ1n) is 6.28. The van der Waals surface area contributed by atoms with E-state index in [1.54, 1.807) is 18.2 Å². The van der Waals surface area contributed by atoms with E-state index in [-0.39, 0.29) is 29.1 Å². The van der Waals surface area contributed by atoms with Crippen LogP contribution in [0.5, 0.6) is 0 Å². The number of hydrogen-bond donors (Lipinski definition) is 0. The summed E-state index contributed by atoms with van der Waals surface area (Å²) < 4.78 is 27.7. The predicted octanol–water partition coefficient (Wildman–Crippen LogP) is 2.96. The highest BCUT2D eigenvalue weighted by atomic mass is 35.5. The second-order valence-corrected chi connectivity index (χ2v) is 9.03. The van der Waals surface area contributed by atoms with Crippen LogP contribution in [0.3, 0.4) is 0 Å². The minimum absolute atomic E-state index is 0.0147. The molecule has 0 aliphatic carbocycles. The molecule has 1 aromatic carbocycles. The van der Waals surface area contributed by atoms with Crippen LogP contribution in [0.4, 0.5) is 0 Å². The van der Waals surface area contributed by atoms with Crippen LogP contribution in [0.1, 0.15) is 12.0 Å². The molecule has 1 aliphatic heterocycles. The molecule has 0 unspecified atom stereocenters. The Labute approximate surface area is 138 Å². The number of ether oxygens (including phenoxy) is 1. The summed E-state index contributed by atoms with van der Waals surface area (Å²) in [5.74, 6) is 0.0682. The topological polar surface area (TPSA) is 60.4 Å². The number of rotatable bonds is 5. The zero-order valence-corrected chi connectivity index (χ0v) is 14.2. The van der Waals surface area contributed by atoms with Gasteiger partial charge in [-0.2, -0.15) is 0 Å². The second-order valence-electron chi connectivity index (χ2n) is 4.70. The molecule has 116 valence electrons. The molecule has 8 heteroatoms. The molecule has 0 N–H and O–H groups in total. The van der Waals surface area contributed by atoms with E-state index < -0.39 is 15.8 Å². The summed E-state index contributed by atoms with van der Waals surface area (Å²) >= 11 is 13.3. The third-order valence-electron chi connectivity index (χ3n) is 3.07. The van der Waals surface area contributed by atoms with Crippen molar-refractivity contribution in [3.63, 3.8) is 0 Å². The Balaban J connectivity index is 1.78. The van der Waals surface area contributed by atoms with Gasteiger partial charge in [-0.3, -0.25) is 4.79 Å². The molecule has 0 saturated carbocycles. The summed E-state index contributed by atoms with van der Waals surface area (Å²) in [6.45, 7) is 0.0147. The van der Waals surface area contributed by atoms with Gasteiger partial charge in [-0.1, -0.05) is 29.3 Å². The molecule has 1 heterocycles. The van der Waals surface area contributed by atoms with Crippen LogP contribution in [-0.4, -0.2) is 36.9 Å². The molecule has 1 aromatic rings. The Bertz CT molecular complexity index is 611. The highest BCUT2D eigenvalue weighted by Gasteiger charge is 2.28. The molecule has 1 aliphatic rings. The van der Waals surface area contributed by atoms with E-state index in [9.17, 15) is 13.2 Å². The molecular weight excluding hydrogens is 355 g/mol. The average molecular weight is 369 g/mol. The van der Waals surface area contributed by atoms with Crippen LogP contribution in [0, 0.1) is 0 Å². The van der Waals surface area contributed by atoms with Gasteiger partial charge in [0.2, 0.25) is 0 Å². The van der Waals surface area contributed by atoms with Gasteiger partial charge in [0.25, 0.3) is 0 Å². The molecule has 0 amide bonds. The van der Waals surface area contributed by atoms with Crippen molar-refractivity contribution in [1.82, 2.24) is 0 Å². The Morgan fingerprint density at radius 3 is 2.57 bits per heavy atom. The SMILES string of the molecule is O=C(CS[C@@H]1CCS(=O)(=O)C1)OCc1c(Cl)cccc1Cl. The Kier molecular flexibility index (Phi) is 5.82. The van der Waals surface area contributed by atoms with Crippen molar-refractivity contribution in [3.8, 4) is 0 Å². The minimum Gasteiger partial charge on any atom is -0.460 e. The number of esters is 1. The van der Waals surface area contributed by atoms with Gasteiger partial charge in [-0.15, -0.1) is 11.8 Å². The van der Waals surface area contributed by atoms with Crippen molar-refractivity contribution >= 4 is 50.8 Å². The fraction of sp³-hybridized carbons (Fsp3) is 0.462. The molecular formula is C13H14Cl2O4S2. The minimum atomic E-state index is -2.92. The third kappa shape index (κ3) is 5.06. The van der Waals surface area contributed by atoms with Crippen molar-refractivity contribution in [1.29, 1.82) is 0 Å². The van der Waals surface area contributed by atoms with Gasteiger partial charge in [-0.05, 0) is 18.6 Å². The fourth-order valence-electron chi connectivity index (χ4n) is 1.94. The van der Waals surface area contributed by atoms with Crippen molar-refractivity contribution in [2.24, 2.45) is 0 Å². The highest BCUT2D eigenvalue weighted by molar-refractivity contribution is 8.02. The maximum atomic E-state index is 11.7. The molecule has 1 fully saturated rings. The monoisotopic (exact) mass is 368 g/mol. The fourth-order valence-corrected chi connectivity index (χ4v) is 5.89. The molecule has 2 rings (SSSR count). The third-order valence-corrected chi connectivity index (χ3v) is 7.03.